The highest BCUT2D eigenvalue weighted by Crippen LogP contribution is 2.25. The molecule has 0 heterocycles. The van der Waals surface area contributed by atoms with E-state index in [1.165, 1.54) is 12.8 Å². The summed E-state index contributed by atoms with van der Waals surface area (Å²) in [5.41, 5.74) is 6.55. The Kier molecular flexibility index (Phi) is 5.73. The molecule has 2 rings (SSSR count). The lowest BCUT2D eigenvalue weighted by Crippen LogP contribution is -2.41. The van der Waals surface area contributed by atoms with Gasteiger partial charge in [0.1, 0.15) is 5.75 Å². The highest BCUT2D eigenvalue weighted by molar-refractivity contribution is 5.33. The standard InChI is InChI=1S/C15H22F2N2O/c16-15(17)20-14-8-4-2-6-12(14)10-19-13-7-3-1-5-11(13)9-18/h2,4,6,8,11,13,15,19H,1,3,5,7,9-10,18H2. The molecule has 0 bridgehead atoms. The van der Waals surface area contributed by atoms with E-state index in [-0.39, 0.29) is 5.75 Å². The molecule has 112 valence electrons. The van der Waals surface area contributed by atoms with Crippen molar-refractivity contribution in [3.8, 4) is 5.75 Å². The summed E-state index contributed by atoms with van der Waals surface area (Å²) in [4.78, 5) is 0. The summed E-state index contributed by atoms with van der Waals surface area (Å²) >= 11 is 0. The molecule has 0 aliphatic heterocycles. The van der Waals surface area contributed by atoms with Gasteiger partial charge in [0, 0.05) is 18.2 Å². The minimum atomic E-state index is -2.79. The van der Waals surface area contributed by atoms with E-state index >= 15 is 0 Å². The maximum Gasteiger partial charge on any atom is 0.387 e. The number of para-hydroxylation sites is 1. The Morgan fingerprint density at radius 1 is 1.25 bits per heavy atom. The third-order valence-corrected chi connectivity index (χ3v) is 3.96. The summed E-state index contributed by atoms with van der Waals surface area (Å²) in [5.74, 6) is 0.724. The van der Waals surface area contributed by atoms with Crippen molar-refractivity contribution in [3.05, 3.63) is 29.8 Å². The van der Waals surface area contributed by atoms with Gasteiger partial charge in [0.05, 0.1) is 0 Å². The smallest absolute Gasteiger partial charge is 0.387 e. The topological polar surface area (TPSA) is 47.3 Å². The van der Waals surface area contributed by atoms with E-state index in [0.29, 0.717) is 25.0 Å². The zero-order valence-corrected chi connectivity index (χ0v) is 11.5. The molecule has 1 saturated carbocycles. The number of rotatable bonds is 6. The Bertz CT molecular complexity index is 415. The molecule has 20 heavy (non-hydrogen) atoms. The van der Waals surface area contributed by atoms with Gasteiger partial charge in [0.15, 0.2) is 0 Å². The minimum Gasteiger partial charge on any atom is -0.434 e. The molecule has 1 fully saturated rings. The van der Waals surface area contributed by atoms with E-state index in [1.54, 1.807) is 12.1 Å². The molecule has 1 aromatic rings. The molecular weight excluding hydrogens is 262 g/mol. The van der Waals surface area contributed by atoms with Crippen LogP contribution in [0.1, 0.15) is 31.2 Å². The van der Waals surface area contributed by atoms with Crippen molar-refractivity contribution in [3.63, 3.8) is 0 Å². The second kappa shape index (κ2) is 7.55. The summed E-state index contributed by atoms with van der Waals surface area (Å²) in [6, 6.07) is 7.28. The van der Waals surface area contributed by atoms with Crippen molar-refractivity contribution in [2.24, 2.45) is 11.7 Å². The number of halogens is 2. The van der Waals surface area contributed by atoms with Gasteiger partial charge in [0.2, 0.25) is 0 Å². The maximum absolute atomic E-state index is 12.4. The molecule has 1 aliphatic carbocycles. The van der Waals surface area contributed by atoms with Crippen molar-refractivity contribution in [2.75, 3.05) is 6.54 Å². The van der Waals surface area contributed by atoms with Crippen LogP contribution in [0.25, 0.3) is 0 Å². The highest BCUT2D eigenvalue weighted by atomic mass is 19.3. The van der Waals surface area contributed by atoms with E-state index in [2.05, 4.69) is 10.1 Å². The van der Waals surface area contributed by atoms with Gasteiger partial charge < -0.3 is 15.8 Å². The first kappa shape index (κ1) is 15.2. The van der Waals surface area contributed by atoms with Crippen molar-refractivity contribution in [1.29, 1.82) is 0 Å². The lowest BCUT2D eigenvalue weighted by molar-refractivity contribution is -0.0505. The first-order chi connectivity index (χ1) is 9.70. The third kappa shape index (κ3) is 4.15. The lowest BCUT2D eigenvalue weighted by atomic mass is 9.84. The fourth-order valence-electron chi connectivity index (χ4n) is 2.86. The molecular formula is C15H22F2N2O. The lowest BCUT2D eigenvalue weighted by Gasteiger charge is -2.31. The minimum absolute atomic E-state index is 0.245. The quantitative estimate of drug-likeness (QED) is 0.844. The Labute approximate surface area is 118 Å². The van der Waals surface area contributed by atoms with Crippen LogP contribution >= 0.6 is 0 Å². The molecule has 0 amide bonds. The van der Waals surface area contributed by atoms with Crippen LogP contribution in [0.15, 0.2) is 24.3 Å². The zero-order valence-electron chi connectivity index (χ0n) is 11.5. The molecule has 1 aromatic carbocycles. The van der Waals surface area contributed by atoms with E-state index in [0.717, 1.165) is 18.4 Å². The van der Waals surface area contributed by atoms with Gasteiger partial charge in [-0.1, -0.05) is 31.0 Å². The molecule has 3 N–H and O–H groups in total. The molecule has 3 nitrogen and oxygen atoms in total. The Balaban J connectivity index is 1.96. The molecule has 0 aromatic heterocycles. The van der Waals surface area contributed by atoms with Crippen molar-refractivity contribution >= 4 is 0 Å². The molecule has 0 spiro atoms. The van der Waals surface area contributed by atoms with Gasteiger partial charge in [-0.25, -0.2) is 0 Å². The van der Waals surface area contributed by atoms with E-state index in [1.807, 2.05) is 12.1 Å². The van der Waals surface area contributed by atoms with Crippen LogP contribution in [0.4, 0.5) is 8.78 Å². The second-order valence-electron chi connectivity index (χ2n) is 5.25. The molecule has 1 aliphatic rings. The Morgan fingerprint density at radius 2 is 2.00 bits per heavy atom. The number of hydrogen-bond donors (Lipinski definition) is 2. The summed E-state index contributed by atoms with van der Waals surface area (Å²) < 4.78 is 29.2. The van der Waals surface area contributed by atoms with E-state index in [9.17, 15) is 8.78 Å². The summed E-state index contributed by atoms with van der Waals surface area (Å²) in [6.07, 6.45) is 4.66. The first-order valence-corrected chi connectivity index (χ1v) is 7.17. The van der Waals surface area contributed by atoms with Gasteiger partial charge in [-0.15, -0.1) is 0 Å². The van der Waals surface area contributed by atoms with Crippen LogP contribution in [0.5, 0.6) is 5.75 Å². The Hall–Kier alpha value is -1.20. The van der Waals surface area contributed by atoms with Crippen LogP contribution in [-0.2, 0) is 6.54 Å². The van der Waals surface area contributed by atoms with Crippen LogP contribution in [0, 0.1) is 5.92 Å². The maximum atomic E-state index is 12.4. The van der Waals surface area contributed by atoms with Crippen molar-refractivity contribution in [2.45, 2.75) is 44.9 Å². The second-order valence-corrected chi connectivity index (χ2v) is 5.25. The Morgan fingerprint density at radius 3 is 2.75 bits per heavy atom. The number of hydrogen-bond acceptors (Lipinski definition) is 3. The third-order valence-electron chi connectivity index (χ3n) is 3.96. The fraction of sp³-hybridized carbons (Fsp3) is 0.600. The average Bonchev–Trinajstić information content (AvgIpc) is 2.46. The highest BCUT2D eigenvalue weighted by Gasteiger charge is 2.23. The van der Waals surface area contributed by atoms with E-state index < -0.39 is 6.61 Å². The van der Waals surface area contributed by atoms with Gasteiger partial charge in [0.25, 0.3) is 0 Å². The van der Waals surface area contributed by atoms with Gasteiger partial charge in [-0.2, -0.15) is 8.78 Å². The largest absolute Gasteiger partial charge is 0.434 e. The van der Waals surface area contributed by atoms with E-state index in [4.69, 9.17) is 5.73 Å². The van der Waals surface area contributed by atoms with Crippen molar-refractivity contribution in [1.82, 2.24) is 5.32 Å². The molecule has 2 atom stereocenters. The molecule has 0 radical (unpaired) electrons. The zero-order chi connectivity index (χ0) is 14.4. The SMILES string of the molecule is NCC1CCCCC1NCc1ccccc1OC(F)F. The number of benzene rings is 1. The monoisotopic (exact) mass is 284 g/mol. The molecule has 5 heteroatoms. The summed E-state index contributed by atoms with van der Waals surface area (Å²) in [6.45, 7) is -1.58. The van der Waals surface area contributed by atoms with Crippen molar-refractivity contribution < 1.29 is 13.5 Å². The van der Waals surface area contributed by atoms with Crippen LogP contribution < -0.4 is 15.8 Å². The first-order valence-electron chi connectivity index (χ1n) is 7.17. The summed E-state index contributed by atoms with van der Waals surface area (Å²) in [7, 11) is 0. The average molecular weight is 284 g/mol. The molecule has 0 saturated heterocycles. The number of alkyl halides is 2. The van der Waals surface area contributed by atoms with Gasteiger partial charge in [-0.3, -0.25) is 0 Å². The molecule has 2 unspecified atom stereocenters. The number of nitrogens with two attached hydrogens (primary N) is 1. The predicted molar refractivity (Wildman–Crippen MR) is 74.7 cm³/mol. The fourth-order valence-corrected chi connectivity index (χ4v) is 2.86. The van der Waals surface area contributed by atoms with Gasteiger partial charge in [-0.05, 0) is 31.4 Å². The predicted octanol–water partition coefficient (Wildman–Crippen LogP) is 2.90. The number of nitrogens with one attached hydrogen (secondary N) is 1. The summed E-state index contributed by atoms with van der Waals surface area (Å²) in [5, 5.41) is 3.45. The van der Waals surface area contributed by atoms with Crippen LogP contribution in [-0.4, -0.2) is 19.2 Å². The normalized spacial score (nSPS) is 23.0. The van der Waals surface area contributed by atoms with Crippen LogP contribution in [0.2, 0.25) is 0 Å². The number of ether oxygens (including phenoxy) is 1. The van der Waals surface area contributed by atoms with Crippen LogP contribution in [0.3, 0.4) is 0 Å². The van der Waals surface area contributed by atoms with Gasteiger partial charge >= 0.3 is 6.61 Å².